The van der Waals surface area contributed by atoms with E-state index in [-0.39, 0.29) is 11.8 Å². The molecule has 94 valence electrons. The summed E-state index contributed by atoms with van der Waals surface area (Å²) in [4.78, 5) is 10.8. The monoisotopic (exact) mass is 252 g/mol. The van der Waals surface area contributed by atoms with Gasteiger partial charge in [0, 0.05) is 5.75 Å². The molecule has 0 radical (unpaired) electrons. The van der Waals surface area contributed by atoms with E-state index in [1.54, 1.807) is 0 Å². The third kappa shape index (κ3) is 5.26. The average Bonchev–Trinajstić information content (AvgIpc) is 2.29. The van der Waals surface area contributed by atoms with Gasteiger partial charge in [-0.25, -0.2) is 0 Å². The molecular formula is C14H20O2S. The first-order valence-electron chi connectivity index (χ1n) is 5.89. The molecule has 1 aromatic carbocycles. The Morgan fingerprint density at radius 1 is 1.35 bits per heavy atom. The summed E-state index contributed by atoms with van der Waals surface area (Å²) in [7, 11) is 0. The Morgan fingerprint density at radius 3 is 2.53 bits per heavy atom. The average molecular weight is 252 g/mol. The van der Waals surface area contributed by atoms with Gasteiger partial charge < -0.3 is 5.11 Å². The number of rotatable bonds is 7. The van der Waals surface area contributed by atoms with Crippen molar-refractivity contribution in [1.82, 2.24) is 0 Å². The Kier molecular flexibility index (Phi) is 5.56. The molecule has 0 fully saturated rings. The summed E-state index contributed by atoms with van der Waals surface area (Å²) in [6, 6.07) is 10.3. The first-order chi connectivity index (χ1) is 8.06. The van der Waals surface area contributed by atoms with E-state index in [0.29, 0.717) is 0 Å². The van der Waals surface area contributed by atoms with Crippen LogP contribution in [-0.2, 0) is 10.5 Å². The van der Waals surface area contributed by atoms with Gasteiger partial charge in [-0.2, -0.15) is 11.8 Å². The number of carboxylic acid groups (broad SMARTS) is 1. The Morgan fingerprint density at radius 2 is 2.00 bits per heavy atom. The van der Waals surface area contributed by atoms with Crippen LogP contribution in [0.3, 0.4) is 0 Å². The molecule has 3 heteroatoms. The van der Waals surface area contributed by atoms with E-state index in [2.05, 4.69) is 26.0 Å². The Hall–Kier alpha value is -0.960. The Labute approximate surface area is 107 Å². The number of aliphatic carboxylic acids is 1. The standard InChI is InChI=1S/C14H20O2S/c1-3-14(2,9-13(15)16)11-17-10-12-7-5-4-6-8-12/h4-8H,3,9-11H2,1-2H3,(H,15,16)/t14-/m0/s1. The molecule has 1 rings (SSSR count). The van der Waals surface area contributed by atoms with Crippen LogP contribution >= 0.6 is 11.8 Å². The van der Waals surface area contributed by atoms with Crippen LogP contribution in [0, 0.1) is 5.41 Å². The molecule has 0 saturated carbocycles. The first-order valence-corrected chi connectivity index (χ1v) is 7.05. The quantitative estimate of drug-likeness (QED) is 0.801. The molecule has 0 heterocycles. The lowest BCUT2D eigenvalue weighted by molar-refractivity contribution is -0.139. The SMILES string of the molecule is CC[C@](C)(CSCc1ccccc1)CC(=O)O. The minimum Gasteiger partial charge on any atom is -0.481 e. The molecule has 0 aliphatic heterocycles. The normalized spacial score (nSPS) is 14.2. The van der Waals surface area contributed by atoms with Gasteiger partial charge in [-0.15, -0.1) is 0 Å². The third-order valence-electron chi connectivity index (χ3n) is 2.99. The van der Waals surface area contributed by atoms with Crippen molar-refractivity contribution in [3.05, 3.63) is 35.9 Å². The van der Waals surface area contributed by atoms with Crippen LogP contribution in [0.25, 0.3) is 0 Å². The van der Waals surface area contributed by atoms with Gasteiger partial charge in [-0.1, -0.05) is 44.2 Å². The Bertz CT molecular complexity index is 350. The number of thioether (sulfide) groups is 1. The fourth-order valence-corrected chi connectivity index (χ4v) is 2.96. The zero-order valence-corrected chi connectivity index (χ0v) is 11.3. The lowest BCUT2D eigenvalue weighted by Crippen LogP contribution is -2.22. The maximum atomic E-state index is 10.8. The van der Waals surface area contributed by atoms with Crippen molar-refractivity contribution in [2.45, 2.75) is 32.4 Å². The van der Waals surface area contributed by atoms with Crippen molar-refractivity contribution >= 4 is 17.7 Å². The number of carboxylic acids is 1. The highest BCUT2D eigenvalue weighted by molar-refractivity contribution is 7.98. The lowest BCUT2D eigenvalue weighted by atomic mass is 9.86. The van der Waals surface area contributed by atoms with Crippen molar-refractivity contribution in [2.75, 3.05) is 5.75 Å². The molecule has 0 amide bonds. The number of hydrogen-bond acceptors (Lipinski definition) is 2. The van der Waals surface area contributed by atoms with Crippen LogP contribution in [-0.4, -0.2) is 16.8 Å². The summed E-state index contributed by atoms with van der Waals surface area (Å²) in [5.74, 6) is 1.15. The van der Waals surface area contributed by atoms with E-state index in [1.165, 1.54) is 5.56 Å². The molecular weight excluding hydrogens is 232 g/mol. The van der Waals surface area contributed by atoms with E-state index < -0.39 is 5.97 Å². The largest absolute Gasteiger partial charge is 0.481 e. The molecule has 1 N–H and O–H groups in total. The molecule has 17 heavy (non-hydrogen) atoms. The minimum atomic E-state index is -0.699. The van der Waals surface area contributed by atoms with E-state index in [0.717, 1.165) is 17.9 Å². The van der Waals surface area contributed by atoms with Gasteiger partial charge in [0.2, 0.25) is 0 Å². The number of hydrogen-bond donors (Lipinski definition) is 1. The van der Waals surface area contributed by atoms with Gasteiger partial charge >= 0.3 is 5.97 Å². The highest BCUT2D eigenvalue weighted by Gasteiger charge is 2.25. The van der Waals surface area contributed by atoms with E-state index in [4.69, 9.17) is 5.11 Å². The van der Waals surface area contributed by atoms with Crippen LogP contribution in [0.4, 0.5) is 0 Å². The van der Waals surface area contributed by atoms with E-state index >= 15 is 0 Å². The number of benzene rings is 1. The molecule has 0 saturated heterocycles. The summed E-state index contributed by atoms with van der Waals surface area (Å²) in [6.07, 6.45) is 1.16. The van der Waals surface area contributed by atoms with Crippen molar-refractivity contribution in [3.8, 4) is 0 Å². The molecule has 1 aromatic rings. The van der Waals surface area contributed by atoms with Crippen LogP contribution in [0.1, 0.15) is 32.3 Å². The number of carbonyl (C=O) groups is 1. The summed E-state index contributed by atoms with van der Waals surface area (Å²) in [6.45, 7) is 4.12. The van der Waals surface area contributed by atoms with Gasteiger partial charge in [-0.05, 0) is 23.2 Å². The highest BCUT2D eigenvalue weighted by Crippen LogP contribution is 2.31. The molecule has 0 aliphatic rings. The summed E-state index contributed by atoms with van der Waals surface area (Å²) in [5.41, 5.74) is 1.21. The predicted octanol–water partition coefficient (Wildman–Crippen LogP) is 3.81. The van der Waals surface area contributed by atoms with Crippen molar-refractivity contribution in [2.24, 2.45) is 5.41 Å². The Balaban J connectivity index is 2.40. The second-order valence-corrected chi connectivity index (χ2v) is 5.70. The van der Waals surface area contributed by atoms with Crippen molar-refractivity contribution in [1.29, 1.82) is 0 Å². The van der Waals surface area contributed by atoms with Crippen LogP contribution in [0.5, 0.6) is 0 Å². The highest BCUT2D eigenvalue weighted by atomic mass is 32.2. The zero-order chi connectivity index (χ0) is 12.7. The smallest absolute Gasteiger partial charge is 0.303 e. The third-order valence-corrected chi connectivity index (χ3v) is 4.43. The second-order valence-electron chi connectivity index (χ2n) is 4.71. The molecule has 0 spiro atoms. The maximum Gasteiger partial charge on any atom is 0.303 e. The fraction of sp³-hybridized carbons (Fsp3) is 0.500. The predicted molar refractivity (Wildman–Crippen MR) is 73.3 cm³/mol. The maximum absolute atomic E-state index is 10.8. The van der Waals surface area contributed by atoms with Gasteiger partial charge in [-0.3, -0.25) is 4.79 Å². The zero-order valence-electron chi connectivity index (χ0n) is 10.5. The van der Waals surface area contributed by atoms with Crippen molar-refractivity contribution in [3.63, 3.8) is 0 Å². The molecule has 0 aliphatic carbocycles. The molecule has 0 unspecified atom stereocenters. The van der Waals surface area contributed by atoms with Gasteiger partial charge in [0.25, 0.3) is 0 Å². The second kappa shape index (κ2) is 6.70. The van der Waals surface area contributed by atoms with Crippen LogP contribution in [0.15, 0.2) is 30.3 Å². The van der Waals surface area contributed by atoms with Crippen molar-refractivity contribution < 1.29 is 9.90 Å². The molecule has 1 atom stereocenters. The summed E-state index contributed by atoms with van der Waals surface area (Å²) in [5, 5.41) is 8.89. The van der Waals surface area contributed by atoms with Gasteiger partial charge in [0.15, 0.2) is 0 Å². The molecule has 0 bridgehead atoms. The van der Waals surface area contributed by atoms with E-state index in [9.17, 15) is 4.79 Å². The van der Waals surface area contributed by atoms with Gasteiger partial charge in [0.05, 0.1) is 6.42 Å². The molecule has 2 nitrogen and oxygen atoms in total. The topological polar surface area (TPSA) is 37.3 Å². The minimum absolute atomic E-state index is 0.0920. The first kappa shape index (κ1) is 14.1. The summed E-state index contributed by atoms with van der Waals surface area (Å²) >= 11 is 1.82. The molecule has 0 aromatic heterocycles. The fourth-order valence-electron chi connectivity index (χ4n) is 1.63. The van der Waals surface area contributed by atoms with Crippen LogP contribution in [0.2, 0.25) is 0 Å². The summed E-state index contributed by atoms with van der Waals surface area (Å²) < 4.78 is 0. The van der Waals surface area contributed by atoms with E-state index in [1.807, 2.05) is 30.0 Å². The van der Waals surface area contributed by atoms with Gasteiger partial charge in [0.1, 0.15) is 0 Å². The lowest BCUT2D eigenvalue weighted by Gasteiger charge is -2.25. The van der Waals surface area contributed by atoms with Crippen LogP contribution < -0.4 is 0 Å².